The quantitative estimate of drug-likeness (QED) is 0.633. The van der Waals surface area contributed by atoms with Crippen molar-refractivity contribution in [3.63, 3.8) is 0 Å². The molecule has 0 N–H and O–H groups in total. The molecule has 0 saturated carbocycles. The number of rotatable bonds is 1. The molecule has 2 heteroatoms. The van der Waals surface area contributed by atoms with Crippen LogP contribution in [-0.2, 0) is 9.47 Å². The summed E-state index contributed by atoms with van der Waals surface area (Å²) in [6.45, 7) is 2.71. The van der Waals surface area contributed by atoms with Gasteiger partial charge in [-0.25, -0.2) is 0 Å². The largest absolute Gasteiger partial charge is 0.346 e. The van der Waals surface area contributed by atoms with Crippen molar-refractivity contribution >= 4 is 0 Å². The van der Waals surface area contributed by atoms with Crippen LogP contribution in [-0.4, -0.2) is 12.7 Å². The second-order valence-corrected chi connectivity index (χ2v) is 3.02. The second-order valence-electron chi connectivity index (χ2n) is 3.02. The average molecular weight is 164 g/mol. The van der Waals surface area contributed by atoms with E-state index in [-0.39, 0.29) is 12.4 Å². The Balaban J connectivity index is 2.11. The van der Waals surface area contributed by atoms with Crippen LogP contribution in [0.5, 0.6) is 0 Å². The van der Waals surface area contributed by atoms with Gasteiger partial charge in [-0.15, -0.1) is 0 Å². The summed E-state index contributed by atoms with van der Waals surface area (Å²) in [7, 11) is 0. The average Bonchev–Trinajstić information content (AvgIpc) is 2.54. The van der Waals surface area contributed by atoms with Crippen LogP contribution < -0.4 is 0 Å². The Hall–Kier alpha value is -0.860. The van der Waals surface area contributed by atoms with Crippen LogP contribution in [0.2, 0.25) is 0 Å². The molecule has 2 nitrogen and oxygen atoms in total. The lowest BCUT2D eigenvalue weighted by molar-refractivity contribution is -0.0572. The summed E-state index contributed by atoms with van der Waals surface area (Å²) in [4.78, 5) is 0. The molecule has 2 rings (SSSR count). The Morgan fingerprint density at radius 1 is 1.25 bits per heavy atom. The van der Waals surface area contributed by atoms with E-state index in [2.05, 4.69) is 0 Å². The molecule has 0 radical (unpaired) electrons. The van der Waals surface area contributed by atoms with Crippen molar-refractivity contribution < 1.29 is 9.47 Å². The summed E-state index contributed by atoms with van der Waals surface area (Å²) in [6, 6.07) is 10.0. The van der Waals surface area contributed by atoms with E-state index in [0.29, 0.717) is 6.61 Å². The van der Waals surface area contributed by atoms with Gasteiger partial charge in [0.25, 0.3) is 0 Å². The Morgan fingerprint density at radius 3 is 2.58 bits per heavy atom. The third-order valence-corrected chi connectivity index (χ3v) is 1.91. The summed E-state index contributed by atoms with van der Waals surface area (Å²) >= 11 is 0. The molecule has 0 aliphatic carbocycles. The van der Waals surface area contributed by atoms with Crippen molar-refractivity contribution in [1.82, 2.24) is 0 Å². The zero-order valence-corrected chi connectivity index (χ0v) is 7.07. The fraction of sp³-hybridized carbons (Fsp3) is 0.400. The van der Waals surface area contributed by atoms with Crippen LogP contribution in [0.25, 0.3) is 0 Å². The maximum absolute atomic E-state index is 5.53. The molecule has 1 unspecified atom stereocenters. The topological polar surface area (TPSA) is 18.5 Å². The molecular weight excluding hydrogens is 152 g/mol. The molecule has 1 saturated heterocycles. The summed E-state index contributed by atoms with van der Waals surface area (Å²) in [5.41, 5.74) is 1.10. The standard InChI is InChI=1S/C10H12O2/c1-8-7-11-10(12-8)9-5-3-2-4-6-9/h2-6,8,10H,7H2,1H3/t8-,10?/m0/s1. The first kappa shape index (κ1) is 7.77. The third kappa shape index (κ3) is 1.49. The van der Waals surface area contributed by atoms with E-state index in [9.17, 15) is 0 Å². The smallest absolute Gasteiger partial charge is 0.184 e. The third-order valence-electron chi connectivity index (χ3n) is 1.91. The van der Waals surface area contributed by atoms with Crippen molar-refractivity contribution in [1.29, 1.82) is 0 Å². The van der Waals surface area contributed by atoms with Gasteiger partial charge in [-0.3, -0.25) is 0 Å². The van der Waals surface area contributed by atoms with E-state index in [4.69, 9.17) is 9.47 Å². The molecule has 2 atom stereocenters. The molecule has 1 aliphatic rings. The zero-order valence-electron chi connectivity index (χ0n) is 7.07. The molecule has 1 aromatic carbocycles. The van der Waals surface area contributed by atoms with Gasteiger partial charge in [0.05, 0.1) is 12.7 Å². The SMILES string of the molecule is C[C@H]1COC(c2ccccc2)O1. The lowest BCUT2D eigenvalue weighted by Gasteiger charge is -2.08. The molecule has 64 valence electrons. The van der Waals surface area contributed by atoms with Gasteiger partial charge in [-0.1, -0.05) is 30.3 Å². The molecule has 1 aliphatic heterocycles. The zero-order chi connectivity index (χ0) is 8.39. The van der Waals surface area contributed by atoms with Gasteiger partial charge in [-0.05, 0) is 6.92 Å². The molecule has 0 spiro atoms. The first-order valence-electron chi connectivity index (χ1n) is 4.18. The van der Waals surface area contributed by atoms with Gasteiger partial charge in [0.15, 0.2) is 6.29 Å². The normalized spacial score (nSPS) is 29.1. The highest BCUT2D eigenvalue weighted by Gasteiger charge is 2.23. The minimum Gasteiger partial charge on any atom is -0.346 e. The van der Waals surface area contributed by atoms with E-state index < -0.39 is 0 Å². The molecule has 1 heterocycles. The van der Waals surface area contributed by atoms with Gasteiger partial charge in [0.2, 0.25) is 0 Å². The Bertz CT molecular complexity index is 245. The van der Waals surface area contributed by atoms with Crippen molar-refractivity contribution in [2.75, 3.05) is 6.61 Å². The Kier molecular flexibility index (Phi) is 2.11. The van der Waals surface area contributed by atoms with Crippen LogP contribution in [0.3, 0.4) is 0 Å². The number of ether oxygens (including phenoxy) is 2. The summed E-state index contributed by atoms with van der Waals surface area (Å²) < 4.78 is 11.0. The van der Waals surface area contributed by atoms with Crippen molar-refractivity contribution in [3.05, 3.63) is 35.9 Å². The first-order chi connectivity index (χ1) is 5.86. The molecule has 1 fully saturated rings. The van der Waals surface area contributed by atoms with E-state index >= 15 is 0 Å². The van der Waals surface area contributed by atoms with Crippen LogP contribution in [0, 0.1) is 0 Å². The highest BCUT2D eigenvalue weighted by molar-refractivity contribution is 5.16. The Labute approximate surface area is 72.1 Å². The highest BCUT2D eigenvalue weighted by Crippen LogP contribution is 2.25. The Morgan fingerprint density at radius 2 is 2.00 bits per heavy atom. The molecule has 1 aromatic rings. The van der Waals surface area contributed by atoms with Gasteiger partial charge in [0.1, 0.15) is 0 Å². The first-order valence-corrected chi connectivity index (χ1v) is 4.18. The number of hydrogen-bond acceptors (Lipinski definition) is 2. The lowest BCUT2D eigenvalue weighted by atomic mass is 10.2. The van der Waals surface area contributed by atoms with Crippen LogP contribution in [0.4, 0.5) is 0 Å². The number of benzene rings is 1. The monoisotopic (exact) mass is 164 g/mol. The summed E-state index contributed by atoms with van der Waals surface area (Å²) in [5, 5.41) is 0. The predicted octanol–water partition coefficient (Wildman–Crippen LogP) is 2.12. The van der Waals surface area contributed by atoms with Gasteiger partial charge in [0, 0.05) is 5.56 Å². The fourth-order valence-corrected chi connectivity index (χ4v) is 1.30. The minimum atomic E-state index is -0.152. The van der Waals surface area contributed by atoms with Crippen molar-refractivity contribution in [2.24, 2.45) is 0 Å². The van der Waals surface area contributed by atoms with Gasteiger partial charge in [-0.2, -0.15) is 0 Å². The predicted molar refractivity (Wildman–Crippen MR) is 45.7 cm³/mol. The number of hydrogen-bond donors (Lipinski definition) is 0. The van der Waals surface area contributed by atoms with Crippen molar-refractivity contribution in [2.45, 2.75) is 19.3 Å². The maximum Gasteiger partial charge on any atom is 0.184 e. The van der Waals surface area contributed by atoms with Crippen molar-refractivity contribution in [3.8, 4) is 0 Å². The lowest BCUT2D eigenvalue weighted by Crippen LogP contribution is -2.02. The van der Waals surface area contributed by atoms with E-state index in [0.717, 1.165) is 5.56 Å². The highest BCUT2D eigenvalue weighted by atomic mass is 16.7. The molecule has 12 heavy (non-hydrogen) atoms. The molecular formula is C10H12O2. The summed E-state index contributed by atoms with van der Waals surface area (Å²) in [5.74, 6) is 0. The van der Waals surface area contributed by atoms with Gasteiger partial charge >= 0.3 is 0 Å². The summed E-state index contributed by atoms with van der Waals surface area (Å²) in [6.07, 6.45) is 0.0661. The molecule has 0 aromatic heterocycles. The molecule has 0 amide bonds. The fourth-order valence-electron chi connectivity index (χ4n) is 1.30. The second kappa shape index (κ2) is 3.25. The molecule has 0 bridgehead atoms. The van der Waals surface area contributed by atoms with Crippen LogP contribution >= 0.6 is 0 Å². The van der Waals surface area contributed by atoms with Gasteiger partial charge < -0.3 is 9.47 Å². The minimum absolute atomic E-state index is 0.152. The van der Waals surface area contributed by atoms with Crippen LogP contribution in [0.1, 0.15) is 18.8 Å². The van der Waals surface area contributed by atoms with E-state index in [1.807, 2.05) is 37.3 Å². The van der Waals surface area contributed by atoms with E-state index in [1.165, 1.54) is 0 Å². The maximum atomic E-state index is 5.53. The van der Waals surface area contributed by atoms with Crippen LogP contribution in [0.15, 0.2) is 30.3 Å². The van der Waals surface area contributed by atoms with E-state index in [1.54, 1.807) is 0 Å².